The molecular formula is C34H12F2N8. The molecule has 8 nitrogen and oxygen atoms in total. The molecule has 202 valence electrons. The molecular weight excluding hydrogens is 558 g/mol. The van der Waals surface area contributed by atoms with Crippen LogP contribution in [0.3, 0.4) is 0 Å². The average Bonchev–Trinajstić information content (AvgIpc) is 3.51. The van der Waals surface area contributed by atoms with Gasteiger partial charge in [0.25, 0.3) is 0 Å². The lowest BCUT2D eigenvalue weighted by molar-refractivity contribution is 0.624. The smallest absolute Gasteiger partial charge is 0.222 e. The molecule has 1 aromatic heterocycles. The van der Waals surface area contributed by atoms with Gasteiger partial charge < -0.3 is 0 Å². The SMILES string of the molecule is [C-]#[N+]/N=c1/c2cc(-c3ccc(C#N)c(F)c3)ccc2c2nc3/c(=N/[N+]#[C-])c4cc(-c5ccc([N+]#[C-])c(F)c5)ccc4c3nc12. The van der Waals surface area contributed by atoms with E-state index in [2.05, 4.69) is 25.0 Å². The predicted molar refractivity (Wildman–Crippen MR) is 161 cm³/mol. The van der Waals surface area contributed by atoms with Crippen molar-refractivity contribution >= 4 is 49.3 Å². The molecule has 6 aromatic carbocycles. The van der Waals surface area contributed by atoms with Gasteiger partial charge in [-0.25, -0.2) is 23.6 Å². The first kappa shape index (κ1) is 26.0. The van der Waals surface area contributed by atoms with Gasteiger partial charge in [-0.05, 0) is 52.6 Å². The van der Waals surface area contributed by atoms with Gasteiger partial charge in [-0.15, -0.1) is 9.91 Å². The van der Waals surface area contributed by atoms with Crippen LogP contribution in [0, 0.1) is 42.7 Å². The summed E-state index contributed by atoms with van der Waals surface area (Å²) >= 11 is 0. The number of rotatable bonds is 2. The second-order valence-electron chi connectivity index (χ2n) is 9.82. The van der Waals surface area contributed by atoms with E-state index in [9.17, 15) is 8.78 Å². The topological polar surface area (TPSA) is 87.4 Å². The Balaban J connectivity index is 1.50. The molecule has 0 saturated carbocycles. The lowest BCUT2D eigenvalue weighted by Crippen LogP contribution is -2.02. The quantitative estimate of drug-likeness (QED) is 0.160. The first-order valence-electron chi connectivity index (χ1n) is 12.9. The van der Waals surface area contributed by atoms with Crippen LogP contribution in [-0.2, 0) is 0 Å². The standard InChI is InChI=1S/C34H12F2N8/c1-38-28-11-8-20(15-27(28)36)18-7-10-23-25(13-18)32(44-40-3)34-30(23)42-33-29(41-34)22-9-6-17(12-24(22)31(33)43-39-2)19-4-5-21(16-37)26(35)14-19/h4-15H/b43-31-,44-32+. The summed E-state index contributed by atoms with van der Waals surface area (Å²) in [4.78, 5) is 19.5. The van der Waals surface area contributed by atoms with Crippen LogP contribution in [-0.4, -0.2) is 9.97 Å². The largest absolute Gasteiger partial charge is 0.241 e. The minimum atomic E-state index is -0.637. The van der Waals surface area contributed by atoms with Gasteiger partial charge in [0.15, 0.2) is 10.7 Å². The zero-order valence-corrected chi connectivity index (χ0v) is 22.3. The maximum atomic E-state index is 14.4. The van der Waals surface area contributed by atoms with Crippen LogP contribution in [0.25, 0.3) is 80.6 Å². The first-order chi connectivity index (χ1) is 21.4. The maximum absolute atomic E-state index is 14.4. The minimum absolute atomic E-state index is 0.0602. The molecule has 0 atom stereocenters. The molecule has 0 fully saturated rings. The van der Waals surface area contributed by atoms with Crippen molar-refractivity contribution in [3.8, 4) is 28.3 Å². The van der Waals surface area contributed by atoms with Gasteiger partial charge in [0.1, 0.15) is 28.7 Å². The summed E-state index contributed by atoms with van der Waals surface area (Å²) in [6.45, 7) is 22.0. The maximum Gasteiger partial charge on any atom is 0.222 e. The van der Waals surface area contributed by atoms with E-state index in [1.165, 1.54) is 24.3 Å². The minimum Gasteiger partial charge on any atom is -0.241 e. The second-order valence-corrected chi connectivity index (χ2v) is 9.82. The van der Waals surface area contributed by atoms with Crippen molar-refractivity contribution in [2.45, 2.75) is 0 Å². The Kier molecular flexibility index (Phi) is 5.85. The van der Waals surface area contributed by atoms with E-state index in [1.54, 1.807) is 48.5 Å². The van der Waals surface area contributed by atoms with Crippen LogP contribution in [0.2, 0.25) is 0 Å². The fraction of sp³-hybridized carbons (Fsp3) is 0. The lowest BCUT2D eigenvalue weighted by Gasteiger charge is -2.03. The molecule has 0 unspecified atom stereocenters. The molecule has 0 bridgehead atoms. The number of aromatic nitrogens is 2. The number of benzene rings is 4. The van der Waals surface area contributed by atoms with Gasteiger partial charge in [0, 0.05) is 21.5 Å². The van der Waals surface area contributed by atoms with Crippen molar-refractivity contribution in [1.29, 1.82) is 5.26 Å². The number of nitrogens with zero attached hydrogens (tertiary/aromatic N) is 8. The van der Waals surface area contributed by atoms with E-state index in [-0.39, 0.29) is 11.3 Å². The Hall–Kier alpha value is -6.88. The average molecular weight is 571 g/mol. The van der Waals surface area contributed by atoms with E-state index < -0.39 is 11.6 Å². The van der Waals surface area contributed by atoms with Gasteiger partial charge in [0.2, 0.25) is 5.69 Å². The summed E-state index contributed by atoms with van der Waals surface area (Å²) < 4.78 is 28.8. The molecule has 0 amide bonds. The molecule has 0 radical (unpaired) electrons. The summed E-state index contributed by atoms with van der Waals surface area (Å²) in [6, 6.07) is 21.2. The Morgan fingerprint density at radius 3 is 1.52 bits per heavy atom. The predicted octanol–water partition coefficient (Wildman–Crippen LogP) is 7.47. The summed E-state index contributed by atoms with van der Waals surface area (Å²) in [7, 11) is 0. The van der Waals surface area contributed by atoms with Crippen molar-refractivity contribution in [3.63, 3.8) is 0 Å². The van der Waals surface area contributed by atoms with Gasteiger partial charge >= 0.3 is 0 Å². The molecule has 7 rings (SSSR count). The third-order valence-corrected chi connectivity index (χ3v) is 7.53. The number of hydrogen-bond acceptors (Lipinski definition) is 5. The van der Waals surface area contributed by atoms with E-state index in [4.69, 9.17) is 34.9 Å². The normalized spacial score (nSPS) is 12.0. The van der Waals surface area contributed by atoms with Gasteiger partial charge in [-0.3, -0.25) is 0 Å². The zero-order valence-electron chi connectivity index (χ0n) is 22.3. The van der Waals surface area contributed by atoms with Crippen molar-refractivity contribution in [2.24, 2.45) is 10.2 Å². The molecule has 0 saturated heterocycles. The fourth-order valence-electron chi connectivity index (χ4n) is 5.51. The molecule has 0 N–H and O–H groups in total. The van der Waals surface area contributed by atoms with Crippen molar-refractivity contribution in [1.82, 2.24) is 9.97 Å². The highest BCUT2D eigenvalue weighted by atomic mass is 19.1. The van der Waals surface area contributed by atoms with E-state index in [0.717, 1.165) is 0 Å². The van der Waals surface area contributed by atoms with E-state index in [0.29, 0.717) is 76.6 Å². The first-order valence-corrected chi connectivity index (χ1v) is 12.9. The third-order valence-electron chi connectivity index (χ3n) is 7.53. The fourth-order valence-corrected chi connectivity index (χ4v) is 5.51. The monoisotopic (exact) mass is 570 g/mol. The number of halogens is 2. The molecule has 0 aliphatic carbocycles. The molecule has 0 spiro atoms. The van der Waals surface area contributed by atoms with Gasteiger partial charge in [0.05, 0.1) is 33.4 Å². The van der Waals surface area contributed by atoms with Crippen LogP contribution >= 0.6 is 0 Å². The van der Waals surface area contributed by atoms with Crippen LogP contribution in [0.4, 0.5) is 14.5 Å². The van der Waals surface area contributed by atoms with Crippen LogP contribution in [0.5, 0.6) is 0 Å². The molecule has 10 heteroatoms. The molecule has 7 aromatic rings. The van der Waals surface area contributed by atoms with E-state index >= 15 is 0 Å². The molecule has 0 aliphatic heterocycles. The van der Waals surface area contributed by atoms with Gasteiger partial charge in [-0.1, -0.05) is 42.5 Å². The van der Waals surface area contributed by atoms with E-state index in [1.807, 2.05) is 6.07 Å². The molecule has 1 heterocycles. The number of hydrogen-bond donors (Lipinski definition) is 0. The van der Waals surface area contributed by atoms with Crippen LogP contribution in [0.1, 0.15) is 5.56 Å². The summed E-state index contributed by atoms with van der Waals surface area (Å²) in [5.41, 5.74) is 3.96. The highest BCUT2D eigenvalue weighted by Crippen LogP contribution is 2.33. The lowest BCUT2D eigenvalue weighted by atomic mass is 10.0. The highest BCUT2D eigenvalue weighted by Gasteiger charge is 2.21. The third kappa shape index (κ3) is 3.84. The molecule has 0 aliphatic rings. The summed E-state index contributed by atoms with van der Waals surface area (Å²) in [5, 5.41) is 20.3. The Morgan fingerprint density at radius 2 is 1.07 bits per heavy atom. The summed E-state index contributed by atoms with van der Waals surface area (Å²) in [6.07, 6.45) is 0. The molecule has 44 heavy (non-hydrogen) atoms. The Bertz CT molecular complexity index is 2500. The van der Waals surface area contributed by atoms with Gasteiger partial charge in [-0.2, -0.15) is 18.4 Å². The van der Waals surface area contributed by atoms with Crippen molar-refractivity contribution in [2.75, 3.05) is 0 Å². The van der Waals surface area contributed by atoms with Crippen LogP contribution in [0.15, 0.2) is 83.0 Å². The van der Waals surface area contributed by atoms with Crippen LogP contribution < -0.4 is 10.7 Å². The Morgan fingerprint density at radius 1 is 0.591 bits per heavy atom. The second kappa shape index (κ2) is 9.89. The zero-order chi connectivity index (χ0) is 30.5. The van der Waals surface area contributed by atoms with Crippen molar-refractivity contribution < 1.29 is 8.78 Å². The summed E-state index contributed by atoms with van der Waals surface area (Å²) in [5.74, 6) is -1.27. The Labute approximate surface area is 246 Å². The number of fused-ring (bicyclic) bond motifs is 6. The highest BCUT2D eigenvalue weighted by molar-refractivity contribution is 6.15. The number of nitriles is 1. The van der Waals surface area contributed by atoms with Crippen molar-refractivity contribution in [3.05, 3.63) is 135 Å².